The zero-order chi connectivity index (χ0) is 8.43. The Labute approximate surface area is 60.9 Å². The number of aromatic amines is 1. The van der Waals surface area contributed by atoms with Crippen molar-refractivity contribution in [1.29, 1.82) is 5.26 Å². The minimum Gasteiger partial charge on any atom is -0.492 e. The van der Waals surface area contributed by atoms with Crippen LogP contribution in [0.1, 0.15) is 5.82 Å². The van der Waals surface area contributed by atoms with Crippen molar-refractivity contribution in [1.82, 2.24) is 9.97 Å². The highest BCUT2D eigenvalue weighted by atomic mass is 16.3. The van der Waals surface area contributed by atoms with Crippen molar-refractivity contribution in [3.05, 3.63) is 16.2 Å². The molecule has 0 saturated heterocycles. The first kappa shape index (κ1) is 7.08. The molecule has 1 heterocycles. The van der Waals surface area contributed by atoms with Gasteiger partial charge in [-0.15, -0.1) is 0 Å². The lowest BCUT2D eigenvalue weighted by Gasteiger charge is -1.94. The summed E-state index contributed by atoms with van der Waals surface area (Å²) in [5.41, 5.74) is 3.94. The molecule has 6 nitrogen and oxygen atoms in total. The third kappa shape index (κ3) is 1.11. The van der Waals surface area contributed by atoms with Gasteiger partial charge in [0.2, 0.25) is 11.7 Å². The molecule has 0 aliphatic rings. The molecular weight excluding hydrogens is 148 g/mol. The first-order chi connectivity index (χ1) is 5.15. The standard InChI is InChI=1S/C5H4N4O2/c6-1-2-8-4(10)3(7)5(11)9-2/h7H2,(H2,8,9,10,11). The minimum atomic E-state index is -0.714. The molecule has 0 aromatic carbocycles. The number of nitrogens with two attached hydrogens (primary N) is 1. The summed E-state index contributed by atoms with van der Waals surface area (Å²) in [7, 11) is 0. The van der Waals surface area contributed by atoms with Gasteiger partial charge in [0.15, 0.2) is 5.69 Å². The Balaban J connectivity index is 3.48. The van der Waals surface area contributed by atoms with Crippen LogP contribution in [-0.4, -0.2) is 15.1 Å². The van der Waals surface area contributed by atoms with Crippen LogP contribution in [0, 0.1) is 11.3 Å². The Morgan fingerprint density at radius 3 is 2.82 bits per heavy atom. The summed E-state index contributed by atoms with van der Waals surface area (Å²) >= 11 is 0. The number of nitrogens with zero attached hydrogens (tertiary/aromatic N) is 2. The number of aromatic hydroxyl groups is 1. The molecule has 6 heteroatoms. The van der Waals surface area contributed by atoms with Crippen molar-refractivity contribution in [3.8, 4) is 11.9 Å². The molecule has 0 aliphatic carbocycles. The Hall–Kier alpha value is -2.03. The molecule has 56 valence electrons. The van der Waals surface area contributed by atoms with Crippen molar-refractivity contribution < 1.29 is 5.11 Å². The Kier molecular flexibility index (Phi) is 1.48. The molecule has 1 aromatic rings. The number of nitrogen functional groups attached to an aromatic ring is 1. The van der Waals surface area contributed by atoms with Crippen molar-refractivity contribution >= 4 is 5.69 Å². The summed E-state index contributed by atoms with van der Waals surface area (Å²) in [6.45, 7) is 0. The second-order valence-corrected chi connectivity index (χ2v) is 1.76. The van der Waals surface area contributed by atoms with Gasteiger partial charge >= 0.3 is 0 Å². The quantitative estimate of drug-likeness (QED) is 0.437. The second kappa shape index (κ2) is 2.30. The van der Waals surface area contributed by atoms with Crippen molar-refractivity contribution in [3.63, 3.8) is 0 Å². The predicted molar refractivity (Wildman–Crippen MR) is 35.6 cm³/mol. The fourth-order valence-electron chi connectivity index (χ4n) is 0.523. The van der Waals surface area contributed by atoms with Crippen LogP contribution in [0.3, 0.4) is 0 Å². The number of H-pyrrole nitrogens is 1. The Bertz CT molecular complexity index is 375. The van der Waals surface area contributed by atoms with Crippen LogP contribution < -0.4 is 11.3 Å². The summed E-state index contributed by atoms with van der Waals surface area (Å²) < 4.78 is 0. The number of rotatable bonds is 0. The fourth-order valence-corrected chi connectivity index (χ4v) is 0.523. The maximum absolute atomic E-state index is 10.7. The van der Waals surface area contributed by atoms with E-state index in [9.17, 15) is 4.79 Å². The van der Waals surface area contributed by atoms with Crippen molar-refractivity contribution in [2.24, 2.45) is 0 Å². The average Bonchev–Trinajstić information content (AvgIpc) is 1.99. The number of anilines is 1. The van der Waals surface area contributed by atoms with Gasteiger partial charge in [-0.3, -0.25) is 9.78 Å². The van der Waals surface area contributed by atoms with Gasteiger partial charge in [-0.05, 0) is 0 Å². The molecule has 0 saturated carbocycles. The first-order valence-electron chi connectivity index (χ1n) is 2.64. The van der Waals surface area contributed by atoms with Gasteiger partial charge in [-0.1, -0.05) is 0 Å². The van der Waals surface area contributed by atoms with Gasteiger partial charge in [0, 0.05) is 0 Å². The maximum Gasteiger partial charge on any atom is 0.278 e. The monoisotopic (exact) mass is 152 g/mol. The number of nitrogens with one attached hydrogen (secondary N) is 1. The molecule has 0 atom stereocenters. The third-order valence-corrected chi connectivity index (χ3v) is 1.04. The molecule has 1 rings (SSSR count). The van der Waals surface area contributed by atoms with E-state index in [4.69, 9.17) is 16.1 Å². The lowest BCUT2D eigenvalue weighted by atomic mass is 10.5. The normalized spacial score (nSPS) is 9.00. The lowest BCUT2D eigenvalue weighted by Crippen LogP contribution is -2.14. The summed E-state index contributed by atoms with van der Waals surface area (Å²) in [5.74, 6) is -0.882. The van der Waals surface area contributed by atoms with E-state index in [2.05, 4.69) is 9.97 Å². The van der Waals surface area contributed by atoms with E-state index in [0.29, 0.717) is 0 Å². The molecular formula is C5H4N4O2. The molecule has 11 heavy (non-hydrogen) atoms. The van der Waals surface area contributed by atoms with E-state index in [-0.39, 0.29) is 11.5 Å². The summed E-state index contributed by atoms with van der Waals surface area (Å²) in [6, 6.07) is 1.55. The number of aromatic nitrogens is 2. The molecule has 0 spiro atoms. The van der Waals surface area contributed by atoms with Crippen LogP contribution in [0.25, 0.3) is 0 Å². The highest BCUT2D eigenvalue weighted by molar-refractivity contribution is 5.45. The minimum absolute atomic E-state index is 0.262. The molecule has 0 bridgehead atoms. The number of nitriles is 1. The van der Waals surface area contributed by atoms with Gasteiger partial charge in [0.25, 0.3) is 5.56 Å². The molecule has 0 radical (unpaired) electrons. The van der Waals surface area contributed by atoms with Gasteiger partial charge in [0.1, 0.15) is 6.07 Å². The SMILES string of the molecule is N#Cc1nc(O)c(N)c(=O)[nH]1. The summed E-state index contributed by atoms with van der Waals surface area (Å²) in [4.78, 5) is 16.0. The summed E-state index contributed by atoms with van der Waals surface area (Å²) in [6.07, 6.45) is 0. The zero-order valence-corrected chi connectivity index (χ0v) is 5.33. The van der Waals surface area contributed by atoms with Crippen LogP contribution in [-0.2, 0) is 0 Å². The number of hydrogen-bond donors (Lipinski definition) is 3. The smallest absolute Gasteiger partial charge is 0.278 e. The van der Waals surface area contributed by atoms with Crippen molar-refractivity contribution in [2.45, 2.75) is 0 Å². The Morgan fingerprint density at radius 2 is 2.36 bits per heavy atom. The molecule has 0 fully saturated rings. The van der Waals surface area contributed by atoms with Crippen LogP contribution in [0.5, 0.6) is 5.88 Å². The number of hydrogen-bond acceptors (Lipinski definition) is 5. The molecule has 0 aliphatic heterocycles. The predicted octanol–water partition coefficient (Wildman–Crippen LogP) is -1.07. The van der Waals surface area contributed by atoms with Crippen LogP contribution in [0.4, 0.5) is 5.69 Å². The highest BCUT2D eigenvalue weighted by Gasteiger charge is 2.04. The van der Waals surface area contributed by atoms with Gasteiger partial charge in [-0.25, -0.2) is 0 Å². The van der Waals surface area contributed by atoms with Crippen LogP contribution >= 0.6 is 0 Å². The third-order valence-electron chi connectivity index (χ3n) is 1.04. The van der Waals surface area contributed by atoms with E-state index in [0.717, 1.165) is 0 Å². The average molecular weight is 152 g/mol. The highest BCUT2D eigenvalue weighted by Crippen LogP contribution is 2.07. The van der Waals surface area contributed by atoms with Gasteiger partial charge in [-0.2, -0.15) is 10.2 Å². The van der Waals surface area contributed by atoms with Gasteiger partial charge < -0.3 is 10.8 Å². The molecule has 0 unspecified atom stereocenters. The van der Waals surface area contributed by atoms with E-state index in [1.54, 1.807) is 6.07 Å². The van der Waals surface area contributed by atoms with E-state index < -0.39 is 11.4 Å². The lowest BCUT2D eigenvalue weighted by molar-refractivity contribution is 0.453. The zero-order valence-electron chi connectivity index (χ0n) is 5.33. The second-order valence-electron chi connectivity index (χ2n) is 1.76. The fraction of sp³-hybridized carbons (Fsp3) is 0. The first-order valence-corrected chi connectivity index (χ1v) is 2.64. The van der Waals surface area contributed by atoms with Crippen LogP contribution in [0.15, 0.2) is 4.79 Å². The largest absolute Gasteiger partial charge is 0.492 e. The van der Waals surface area contributed by atoms with Crippen LogP contribution in [0.2, 0.25) is 0 Å². The molecule has 1 aromatic heterocycles. The Morgan fingerprint density at radius 1 is 1.73 bits per heavy atom. The van der Waals surface area contributed by atoms with Crippen molar-refractivity contribution in [2.75, 3.05) is 5.73 Å². The van der Waals surface area contributed by atoms with E-state index >= 15 is 0 Å². The topological polar surface area (TPSA) is 116 Å². The molecule has 4 N–H and O–H groups in total. The van der Waals surface area contributed by atoms with Gasteiger partial charge in [0.05, 0.1) is 0 Å². The van der Waals surface area contributed by atoms with E-state index in [1.807, 2.05) is 0 Å². The molecule has 0 amide bonds. The maximum atomic E-state index is 10.7. The van der Waals surface area contributed by atoms with E-state index in [1.165, 1.54) is 0 Å². The summed E-state index contributed by atoms with van der Waals surface area (Å²) in [5, 5.41) is 17.0.